The molecular weight excluding hydrogens is 600 g/mol. The Balaban J connectivity index is 1.24. The third kappa shape index (κ3) is 6.36. The highest BCUT2D eigenvalue weighted by Gasteiger charge is 2.49. The van der Waals surface area contributed by atoms with Gasteiger partial charge in [0.2, 0.25) is 5.95 Å². The molecule has 0 bridgehead atoms. The molecule has 0 aliphatic carbocycles. The summed E-state index contributed by atoms with van der Waals surface area (Å²) in [5.74, 6) is 1.17. The number of carbonyl (C=O) groups is 1. The van der Waals surface area contributed by atoms with E-state index in [0.717, 1.165) is 16.8 Å². The van der Waals surface area contributed by atoms with E-state index in [1.54, 1.807) is 10.8 Å². The van der Waals surface area contributed by atoms with Gasteiger partial charge in [0.15, 0.2) is 35.1 Å². The average Bonchev–Trinajstić information content (AvgIpc) is 3.87. The van der Waals surface area contributed by atoms with Gasteiger partial charge in [0.05, 0.1) is 6.33 Å². The number of hydrogen-bond acceptors (Lipinski definition) is 12. The number of imidazole rings is 1. The summed E-state index contributed by atoms with van der Waals surface area (Å²) in [6.45, 7) is 1.32. The Morgan fingerprint density at radius 1 is 0.979 bits per heavy atom. The number of hydrogen-bond donors (Lipinski definition) is 4. The standard InChI is InChI=1S/C33H32N10O4/c44-20-46-28-26(45)27(30-37-18-39-42-30)47-32(28)43-19-38-25-29(40-33(41-31(25)43)35-16-14-23-13-7-8-15-34-23)36-17-24(21-9-3-1-4-10-21)22-11-5-2-6-12-22/h1-13,15,18-20,24,26-28,32,45H,14,16-17H2,(H,37,39,42)(H2,35,36,40,41)/t26-,27+,28-,32-/m1/s1. The summed E-state index contributed by atoms with van der Waals surface area (Å²) in [5.41, 5.74) is 4.12. The lowest BCUT2D eigenvalue weighted by molar-refractivity contribution is -0.142. The van der Waals surface area contributed by atoms with Crippen molar-refractivity contribution in [2.45, 2.75) is 36.9 Å². The van der Waals surface area contributed by atoms with Crippen molar-refractivity contribution in [3.8, 4) is 0 Å². The third-order valence-electron chi connectivity index (χ3n) is 8.10. The molecular formula is C33H32N10O4. The molecule has 5 heterocycles. The van der Waals surface area contributed by atoms with Gasteiger partial charge in [0.1, 0.15) is 18.5 Å². The van der Waals surface area contributed by atoms with Gasteiger partial charge >= 0.3 is 0 Å². The average molecular weight is 633 g/mol. The fourth-order valence-corrected chi connectivity index (χ4v) is 5.82. The van der Waals surface area contributed by atoms with Crippen LogP contribution in [0, 0.1) is 0 Å². The molecule has 1 aliphatic rings. The smallest absolute Gasteiger partial charge is 0.293 e. The molecule has 7 rings (SSSR count). The molecule has 0 amide bonds. The minimum Gasteiger partial charge on any atom is -0.457 e. The Morgan fingerprint density at radius 2 is 1.74 bits per heavy atom. The van der Waals surface area contributed by atoms with E-state index in [-0.39, 0.29) is 12.4 Å². The number of aromatic amines is 1. The van der Waals surface area contributed by atoms with E-state index in [2.05, 4.69) is 60.0 Å². The maximum atomic E-state index is 11.5. The van der Waals surface area contributed by atoms with Crippen LogP contribution in [-0.4, -0.2) is 76.6 Å². The Labute approximate surface area is 269 Å². The van der Waals surface area contributed by atoms with Crippen LogP contribution in [0.5, 0.6) is 0 Å². The number of pyridine rings is 1. The quantitative estimate of drug-likeness (QED) is 0.137. The first-order valence-electron chi connectivity index (χ1n) is 15.2. The number of rotatable bonds is 13. The van der Waals surface area contributed by atoms with Crippen LogP contribution >= 0.6 is 0 Å². The molecule has 1 saturated heterocycles. The molecule has 238 valence electrons. The normalized spacial score (nSPS) is 19.2. The zero-order chi connectivity index (χ0) is 32.0. The van der Waals surface area contributed by atoms with Gasteiger partial charge in [-0.15, -0.1) is 10.2 Å². The van der Waals surface area contributed by atoms with Crippen molar-refractivity contribution < 1.29 is 19.4 Å². The monoisotopic (exact) mass is 632 g/mol. The maximum absolute atomic E-state index is 11.5. The SMILES string of the molecule is O=CO[C@@H]1[C@H](O)[C@@H](c2nnc[nH]2)O[C@H]1n1cnc2c(NCC(c3ccccc3)c3ccccc3)nc(NCCc3ccccn3)nc21. The zero-order valence-electron chi connectivity index (χ0n) is 25.1. The Kier molecular flexibility index (Phi) is 8.75. The predicted molar refractivity (Wildman–Crippen MR) is 171 cm³/mol. The van der Waals surface area contributed by atoms with E-state index in [9.17, 15) is 9.90 Å². The van der Waals surface area contributed by atoms with Gasteiger partial charge in [0, 0.05) is 37.3 Å². The summed E-state index contributed by atoms with van der Waals surface area (Å²) in [6.07, 6.45) is 1.12. The highest BCUT2D eigenvalue weighted by molar-refractivity contribution is 5.84. The van der Waals surface area contributed by atoms with Gasteiger partial charge in [-0.25, -0.2) is 4.98 Å². The van der Waals surface area contributed by atoms with E-state index >= 15 is 0 Å². The summed E-state index contributed by atoms with van der Waals surface area (Å²) in [4.78, 5) is 33.0. The van der Waals surface area contributed by atoms with Gasteiger partial charge in [-0.05, 0) is 23.3 Å². The number of nitrogens with zero attached hydrogens (tertiary/aromatic N) is 7. The molecule has 2 aromatic carbocycles. The number of aliphatic hydroxyl groups excluding tert-OH is 1. The molecule has 6 aromatic rings. The molecule has 0 saturated carbocycles. The second-order valence-corrected chi connectivity index (χ2v) is 11.0. The highest BCUT2D eigenvalue weighted by atomic mass is 16.6. The van der Waals surface area contributed by atoms with Crippen molar-refractivity contribution in [1.82, 2.24) is 39.7 Å². The zero-order valence-corrected chi connectivity index (χ0v) is 25.1. The van der Waals surface area contributed by atoms with Crippen LogP contribution in [-0.2, 0) is 20.7 Å². The topological polar surface area (TPSA) is 178 Å². The predicted octanol–water partition coefficient (Wildman–Crippen LogP) is 3.41. The maximum Gasteiger partial charge on any atom is 0.293 e. The number of ether oxygens (including phenoxy) is 2. The lowest BCUT2D eigenvalue weighted by Gasteiger charge is -2.21. The number of anilines is 2. The molecule has 47 heavy (non-hydrogen) atoms. The minimum atomic E-state index is -1.23. The van der Waals surface area contributed by atoms with Gasteiger partial charge < -0.3 is 30.2 Å². The van der Waals surface area contributed by atoms with Crippen molar-refractivity contribution in [2.75, 3.05) is 23.7 Å². The molecule has 1 fully saturated rings. The first-order valence-corrected chi connectivity index (χ1v) is 15.2. The van der Waals surface area contributed by atoms with Crippen molar-refractivity contribution in [1.29, 1.82) is 0 Å². The molecule has 1 aliphatic heterocycles. The summed E-state index contributed by atoms with van der Waals surface area (Å²) in [7, 11) is 0. The van der Waals surface area contributed by atoms with E-state index in [1.807, 2.05) is 54.6 Å². The van der Waals surface area contributed by atoms with Crippen LogP contribution < -0.4 is 10.6 Å². The molecule has 4 N–H and O–H groups in total. The Hall–Kier alpha value is -5.73. The lowest BCUT2D eigenvalue weighted by atomic mass is 9.91. The fraction of sp³-hybridized carbons (Fsp3) is 0.242. The first kappa shape index (κ1) is 30.0. The molecule has 4 atom stereocenters. The van der Waals surface area contributed by atoms with Crippen LogP contribution in [0.3, 0.4) is 0 Å². The Morgan fingerprint density at radius 3 is 2.43 bits per heavy atom. The Bertz CT molecular complexity index is 1850. The van der Waals surface area contributed by atoms with Crippen LogP contribution in [0.15, 0.2) is 97.7 Å². The van der Waals surface area contributed by atoms with Gasteiger partial charge in [0.25, 0.3) is 6.47 Å². The number of nitrogens with one attached hydrogen (secondary N) is 3. The molecule has 14 nitrogen and oxygen atoms in total. The van der Waals surface area contributed by atoms with Gasteiger partial charge in [-0.2, -0.15) is 9.97 Å². The van der Waals surface area contributed by atoms with E-state index in [1.165, 1.54) is 12.7 Å². The molecule has 0 unspecified atom stereocenters. The molecule has 14 heteroatoms. The second-order valence-electron chi connectivity index (χ2n) is 11.0. The first-order chi connectivity index (χ1) is 23.2. The van der Waals surface area contributed by atoms with Gasteiger partial charge in [-0.1, -0.05) is 66.7 Å². The fourth-order valence-electron chi connectivity index (χ4n) is 5.82. The van der Waals surface area contributed by atoms with E-state index < -0.39 is 24.5 Å². The van der Waals surface area contributed by atoms with Crippen molar-refractivity contribution >= 4 is 29.4 Å². The third-order valence-corrected chi connectivity index (χ3v) is 8.10. The largest absolute Gasteiger partial charge is 0.457 e. The van der Waals surface area contributed by atoms with Crippen molar-refractivity contribution in [3.05, 3.63) is 120 Å². The summed E-state index contributed by atoms with van der Waals surface area (Å²) in [6, 6.07) is 26.3. The minimum absolute atomic E-state index is 0.0198. The van der Waals surface area contributed by atoms with Gasteiger partial charge in [-0.3, -0.25) is 14.3 Å². The number of H-pyrrole nitrogens is 1. The lowest BCUT2D eigenvalue weighted by Crippen LogP contribution is -2.32. The highest BCUT2D eigenvalue weighted by Crippen LogP contribution is 2.40. The molecule has 0 spiro atoms. The van der Waals surface area contributed by atoms with Crippen molar-refractivity contribution in [3.63, 3.8) is 0 Å². The van der Waals surface area contributed by atoms with Crippen LogP contribution in [0.25, 0.3) is 11.2 Å². The van der Waals surface area contributed by atoms with Crippen molar-refractivity contribution in [2.24, 2.45) is 0 Å². The van der Waals surface area contributed by atoms with Crippen LogP contribution in [0.4, 0.5) is 11.8 Å². The summed E-state index contributed by atoms with van der Waals surface area (Å²) < 4.78 is 13.2. The summed E-state index contributed by atoms with van der Waals surface area (Å²) in [5, 5.41) is 25.7. The second kappa shape index (κ2) is 13.7. The number of fused-ring (bicyclic) bond motifs is 1. The summed E-state index contributed by atoms with van der Waals surface area (Å²) >= 11 is 0. The van der Waals surface area contributed by atoms with E-state index in [0.29, 0.717) is 48.3 Å². The van der Waals surface area contributed by atoms with Crippen LogP contribution in [0.2, 0.25) is 0 Å². The molecule has 0 radical (unpaired) electrons. The number of aromatic nitrogens is 8. The number of benzene rings is 2. The number of carbonyl (C=O) groups excluding carboxylic acids is 1. The van der Waals surface area contributed by atoms with Crippen LogP contribution in [0.1, 0.15) is 40.9 Å². The number of aliphatic hydroxyl groups is 1. The van der Waals surface area contributed by atoms with E-state index in [4.69, 9.17) is 19.4 Å². The molecule has 4 aromatic heterocycles.